The molecule has 0 aromatic heterocycles. The molecule has 0 saturated carbocycles. The zero-order valence-corrected chi connectivity index (χ0v) is 11.8. The Kier molecular flexibility index (Phi) is 4.69. The monoisotopic (exact) mass is 302 g/mol. The van der Waals surface area contributed by atoms with Gasteiger partial charge in [0.15, 0.2) is 5.78 Å². The molecule has 1 aromatic rings. The maximum absolute atomic E-state index is 13.5. The highest BCUT2D eigenvalue weighted by molar-refractivity contribution is 9.09. The van der Waals surface area contributed by atoms with Crippen LogP contribution in [-0.4, -0.2) is 17.7 Å². The van der Waals surface area contributed by atoms with Crippen LogP contribution in [0.1, 0.15) is 31.1 Å². The summed E-state index contributed by atoms with van der Waals surface area (Å²) in [5.74, 6) is -0.372. The van der Waals surface area contributed by atoms with Gasteiger partial charge in [-0.05, 0) is 19.1 Å². The predicted octanol–water partition coefficient (Wildman–Crippen LogP) is 3.83. The third-order valence-electron chi connectivity index (χ3n) is 2.31. The molecule has 0 unspecified atom stereocenters. The van der Waals surface area contributed by atoms with Gasteiger partial charge in [-0.15, -0.1) is 0 Å². The van der Waals surface area contributed by atoms with Crippen molar-refractivity contribution in [1.82, 2.24) is 0 Å². The van der Waals surface area contributed by atoms with Crippen LogP contribution in [0.2, 0.25) is 0 Å². The van der Waals surface area contributed by atoms with Gasteiger partial charge in [0, 0.05) is 16.8 Å². The lowest BCUT2D eigenvalue weighted by atomic mass is 9.98. The van der Waals surface area contributed by atoms with Crippen LogP contribution in [0.15, 0.2) is 18.2 Å². The van der Waals surface area contributed by atoms with E-state index in [1.165, 1.54) is 19.1 Å². The SMILES string of the molecule is CC(=O)c1ccc(OCC(C)(C)CBr)cc1F. The Morgan fingerprint density at radius 3 is 2.59 bits per heavy atom. The molecule has 0 saturated heterocycles. The van der Waals surface area contributed by atoms with E-state index >= 15 is 0 Å². The van der Waals surface area contributed by atoms with E-state index in [4.69, 9.17) is 4.74 Å². The van der Waals surface area contributed by atoms with Gasteiger partial charge >= 0.3 is 0 Å². The number of benzene rings is 1. The van der Waals surface area contributed by atoms with Gasteiger partial charge in [0.05, 0.1) is 12.2 Å². The molecule has 4 heteroatoms. The number of rotatable bonds is 5. The average molecular weight is 303 g/mol. The molecule has 0 spiro atoms. The van der Waals surface area contributed by atoms with E-state index in [-0.39, 0.29) is 16.8 Å². The van der Waals surface area contributed by atoms with E-state index in [2.05, 4.69) is 15.9 Å². The molecule has 0 fully saturated rings. The maximum atomic E-state index is 13.5. The van der Waals surface area contributed by atoms with E-state index < -0.39 is 5.82 Å². The van der Waals surface area contributed by atoms with Crippen molar-refractivity contribution in [1.29, 1.82) is 0 Å². The van der Waals surface area contributed by atoms with E-state index in [0.717, 1.165) is 5.33 Å². The fraction of sp³-hybridized carbons (Fsp3) is 0.462. The van der Waals surface area contributed by atoms with E-state index in [9.17, 15) is 9.18 Å². The number of hydrogen-bond acceptors (Lipinski definition) is 2. The second-order valence-corrected chi connectivity index (χ2v) is 5.35. The number of halogens is 2. The van der Waals surface area contributed by atoms with Crippen molar-refractivity contribution in [3.63, 3.8) is 0 Å². The standard InChI is InChI=1S/C13H16BrFO2/c1-9(16)11-5-4-10(6-12(11)15)17-8-13(2,3)7-14/h4-6H,7-8H2,1-3H3. The highest BCUT2D eigenvalue weighted by Crippen LogP contribution is 2.22. The number of carbonyl (C=O) groups is 1. The zero-order valence-electron chi connectivity index (χ0n) is 10.2. The van der Waals surface area contributed by atoms with Gasteiger partial charge in [0.2, 0.25) is 0 Å². The summed E-state index contributed by atoms with van der Waals surface area (Å²) in [7, 11) is 0. The molecule has 0 N–H and O–H groups in total. The van der Waals surface area contributed by atoms with Crippen LogP contribution in [0.3, 0.4) is 0 Å². The van der Waals surface area contributed by atoms with E-state index in [0.29, 0.717) is 12.4 Å². The topological polar surface area (TPSA) is 26.3 Å². The fourth-order valence-corrected chi connectivity index (χ4v) is 1.35. The van der Waals surface area contributed by atoms with Crippen LogP contribution in [0, 0.1) is 11.2 Å². The minimum Gasteiger partial charge on any atom is -0.493 e. The summed E-state index contributed by atoms with van der Waals surface area (Å²) < 4.78 is 19.0. The molecule has 17 heavy (non-hydrogen) atoms. The molecule has 0 aliphatic heterocycles. The Balaban J connectivity index is 2.75. The fourth-order valence-electron chi connectivity index (χ4n) is 1.19. The number of carbonyl (C=O) groups excluding carboxylic acids is 1. The summed E-state index contributed by atoms with van der Waals surface area (Å²) >= 11 is 3.39. The number of alkyl halides is 1. The molecule has 0 aliphatic rings. The first-order chi connectivity index (χ1) is 7.85. The largest absolute Gasteiger partial charge is 0.493 e. The first-order valence-electron chi connectivity index (χ1n) is 5.35. The quantitative estimate of drug-likeness (QED) is 0.610. The molecule has 2 nitrogen and oxygen atoms in total. The van der Waals surface area contributed by atoms with E-state index in [1.807, 2.05) is 13.8 Å². The molecule has 1 rings (SSSR count). The molecule has 0 bridgehead atoms. The van der Waals surface area contributed by atoms with Gasteiger partial charge in [-0.25, -0.2) is 4.39 Å². The highest BCUT2D eigenvalue weighted by atomic mass is 79.9. The second-order valence-electron chi connectivity index (χ2n) is 4.78. The summed E-state index contributed by atoms with van der Waals surface area (Å²) in [6, 6.07) is 4.32. The van der Waals surface area contributed by atoms with Gasteiger partial charge in [0.1, 0.15) is 11.6 Å². The minimum absolute atomic E-state index is 0.0181. The zero-order chi connectivity index (χ0) is 13.1. The Morgan fingerprint density at radius 2 is 2.12 bits per heavy atom. The summed E-state index contributed by atoms with van der Waals surface area (Å²) in [6.45, 7) is 5.91. The summed E-state index contributed by atoms with van der Waals surface area (Å²) in [5, 5.41) is 0.800. The van der Waals surface area contributed by atoms with Crippen LogP contribution in [0.25, 0.3) is 0 Å². The summed E-state index contributed by atoms with van der Waals surface area (Å²) in [6.07, 6.45) is 0. The number of Topliss-reactive ketones (excluding diaryl/α,β-unsaturated/α-hetero) is 1. The first-order valence-corrected chi connectivity index (χ1v) is 6.47. The second kappa shape index (κ2) is 5.63. The van der Waals surface area contributed by atoms with Crippen molar-refractivity contribution >= 4 is 21.7 Å². The van der Waals surface area contributed by atoms with Gasteiger partial charge in [0.25, 0.3) is 0 Å². The van der Waals surface area contributed by atoms with Gasteiger partial charge in [-0.2, -0.15) is 0 Å². The first kappa shape index (κ1) is 14.2. The summed E-state index contributed by atoms with van der Waals surface area (Å²) in [4.78, 5) is 11.1. The lowest BCUT2D eigenvalue weighted by Crippen LogP contribution is -2.22. The molecule has 0 heterocycles. The normalized spacial score (nSPS) is 11.4. The predicted molar refractivity (Wildman–Crippen MR) is 69.5 cm³/mol. The Hall–Kier alpha value is -0.900. The smallest absolute Gasteiger partial charge is 0.162 e. The minimum atomic E-state index is -0.536. The van der Waals surface area contributed by atoms with Crippen molar-refractivity contribution < 1.29 is 13.9 Å². The number of ketones is 1. The van der Waals surface area contributed by atoms with Gasteiger partial charge < -0.3 is 4.74 Å². The van der Waals surface area contributed by atoms with Crippen molar-refractivity contribution in [2.24, 2.45) is 5.41 Å². The van der Waals surface area contributed by atoms with Crippen molar-refractivity contribution in [3.05, 3.63) is 29.6 Å². The number of ether oxygens (including phenoxy) is 1. The van der Waals surface area contributed by atoms with Crippen molar-refractivity contribution in [3.8, 4) is 5.75 Å². The number of hydrogen-bond donors (Lipinski definition) is 0. The lowest BCUT2D eigenvalue weighted by Gasteiger charge is -2.21. The third kappa shape index (κ3) is 4.11. The van der Waals surface area contributed by atoms with Crippen LogP contribution in [0.5, 0.6) is 5.75 Å². The molecule has 0 amide bonds. The maximum Gasteiger partial charge on any atom is 0.162 e. The molecule has 0 aliphatic carbocycles. The molecule has 1 aromatic carbocycles. The van der Waals surface area contributed by atoms with Crippen LogP contribution >= 0.6 is 15.9 Å². The average Bonchev–Trinajstić information content (AvgIpc) is 2.26. The third-order valence-corrected chi connectivity index (χ3v) is 3.83. The van der Waals surface area contributed by atoms with Crippen LogP contribution < -0.4 is 4.74 Å². The Bertz CT molecular complexity index is 416. The molecule has 0 atom stereocenters. The summed E-state index contributed by atoms with van der Waals surface area (Å²) in [5.41, 5.74) is 0.0764. The van der Waals surface area contributed by atoms with Gasteiger partial charge in [-0.3, -0.25) is 4.79 Å². The molecular weight excluding hydrogens is 287 g/mol. The van der Waals surface area contributed by atoms with Crippen LogP contribution in [-0.2, 0) is 0 Å². The highest BCUT2D eigenvalue weighted by Gasteiger charge is 2.17. The van der Waals surface area contributed by atoms with Crippen molar-refractivity contribution in [2.45, 2.75) is 20.8 Å². The molecule has 0 radical (unpaired) electrons. The van der Waals surface area contributed by atoms with Crippen molar-refractivity contribution in [2.75, 3.05) is 11.9 Å². The Labute approximate surface area is 109 Å². The Morgan fingerprint density at radius 1 is 1.47 bits per heavy atom. The van der Waals surface area contributed by atoms with Gasteiger partial charge in [-0.1, -0.05) is 29.8 Å². The lowest BCUT2D eigenvalue weighted by molar-refractivity contribution is 0.101. The molecular formula is C13H16BrFO2. The van der Waals surface area contributed by atoms with E-state index in [1.54, 1.807) is 6.07 Å². The molecule has 94 valence electrons. The van der Waals surface area contributed by atoms with Crippen LogP contribution in [0.4, 0.5) is 4.39 Å².